The third-order valence-corrected chi connectivity index (χ3v) is 3.79. The molecule has 1 aromatic rings. The Morgan fingerprint density at radius 3 is 2.89 bits per heavy atom. The summed E-state index contributed by atoms with van der Waals surface area (Å²) in [5, 5.41) is 3.77. The number of rotatable bonds is 3. The Hall–Kier alpha value is -1.26. The average Bonchev–Trinajstić information content (AvgIpc) is 2.46. The van der Waals surface area contributed by atoms with E-state index in [2.05, 4.69) is 5.32 Å². The lowest BCUT2D eigenvalue weighted by atomic mass is 9.98. The molecule has 1 aromatic carbocycles. The number of amides is 1. The highest BCUT2D eigenvalue weighted by Crippen LogP contribution is 2.29. The maximum absolute atomic E-state index is 12.4. The maximum atomic E-state index is 12.4. The second-order valence-electron chi connectivity index (χ2n) is 4.76. The van der Waals surface area contributed by atoms with Gasteiger partial charge in [0.15, 0.2) is 0 Å². The molecular formula is C14H19ClN2O2. The first-order chi connectivity index (χ1) is 9.13. The van der Waals surface area contributed by atoms with Crippen LogP contribution in [0.2, 0.25) is 5.02 Å². The minimum Gasteiger partial charge on any atom is -0.495 e. The number of halogens is 1. The number of hydrogen-bond acceptors (Lipinski definition) is 3. The van der Waals surface area contributed by atoms with E-state index in [9.17, 15) is 4.79 Å². The lowest BCUT2D eigenvalue weighted by Crippen LogP contribution is -2.41. The molecule has 0 spiro atoms. The first kappa shape index (κ1) is 14.2. The number of carbonyl (C=O) groups excluding carboxylic acids is 1. The minimum atomic E-state index is 0.0552. The van der Waals surface area contributed by atoms with Gasteiger partial charge in [-0.1, -0.05) is 11.6 Å². The van der Waals surface area contributed by atoms with Gasteiger partial charge in [-0.25, -0.2) is 0 Å². The van der Waals surface area contributed by atoms with Gasteiger partial charge in [0, 0.05) is 19.3 Å². The summed E-state index contributed by atoms with van der Waals surface area (Å²) >= 11 is 6.09. The molecule has 1 amide bonds. The second-order valence-corrected chi connectivity index (χ2v) is 5.17. The number of hydrogen-bond donors (Lipinski definition) is 1. The second kappa shape index (κ2) is 6.26. The van der Waals surface area contributed by atoms with E-state index in [0.717, 1.165) is 31.6 Å². The molecular weight excluding hydrogens is 264 g/mol. The fourth-order valence-electron chi connectivity index (χ4n) is 2.33. The SMILES string of the molecule is COc1ccc(N(C)C(=O)[C@@H]2CCCNC2)cc1Cl. The van der Waals surface area contributed by atoms with Crippen LogP contribution in [0.25, 0.3) is 0 Å². The fourth-order valence-corrected chi connectivity index (χ4v) is 2.58. The van der Waals surface area contributed by atoms with Crippen molar-refractivity contribution in [3.8, 4) is 5.75 Å². The molecule has 0 unspecified atom stereocenters. The van der Waals surface area contributed by atoms with Crippen molar-refractivity contribution in [1.29, 1.82) is 0 Å². The van der Waals surface area contributed by atoms with Crippen LogP contribution in [0.5, 0.6) is 5.75 Å². The Balaban J connectivity index is 2.11. The van der Waals surface area contributed by atoms with Crippen LogP contribution in [-0.4, -0.2) is 33.2 Å². The molecule has 0 saturated carbocycles. The zero-order valence-electron chi connectivity index (χ0n) is 11.3. The molecule has 4 nitrogen and oxygen atoms in total. The summed E-state index contributed by atoms with van der Waals surface area (Å²) in [5.41, 5.74) is 0.793. The van der Waals surface area contributed by atoms with Gasteiger partial charge in [-0.2, -0.15) is 0 Å². The van der Waals surface area contributed by atoms with Gasteiger partial charge in [0.2, 0.25) is 5.91 Å². The molecule has 1 atom stereocenters. The molecule has 0 aliphatic carbocycles. The summed E-state index contributed by atoms with van der Waals surface area (Å²) < 4.78 is 5.11. The number of piperidine rings is 1. The molecule has 1 aliphatic rings. The predicted octanol–water partition coefficient (Wildman–Crippen LogP) is 2.31. The van der Waals surface area contributed by atoms with Crippen LogP contribution in [0.3, 0.4) is 0 Å². The van der Waals surface area contributed by atoms with Gasteiger partial charge in [-0.3, -0.25) is 4.79 Å². The van der Waals surface area contributed by atoms with Gasteiger partial charge in [0.05, 0.1) is 18.1 Å². The highest BCUT2D eigenvalue weighted by Gasteiger charge is 2.24. The summed E-state index contributed by atoms with van der Waals surface area (Å²) in [4.78, 5) is 14.0. The van der Waals surface area contributed by atoms with Crippen LogP contribution >= 0.6 is 11.6 Å². The third kappa shape index (κ3) is 3.19. The first-order valence-corrected chi connectivity index (χ1v) is 6.83. The lowest BCUT2D eigenvalue weighted by molar-refractivity contribution is -0.122. The van der Waals surface area contributed by atoms with Crippen molar-refractivity contribution >= 4 is 23.2 Å². The average molecular weight is 283 g/mol. The standard InChI is InChI=1S/C14H19ClN2O2/c1-17(14(18)10-4-3-7-16-9-10)11-5-6-13(19-2)12(15)8-11/h5-6,8,10,16H,3-4,7,9H2,1-2H3/t10-/m1/s1. The number of carbonyl (C=O) groups is 1. The van der Waals surface area contributed by atoms with Crippen molar-refractivity contribution in [1.82, 2.24) is 5.32 Å². The zero-order chi connectivity index (χ0) is 13.8. The highest BCUT2D eigenvalue weighted by atomic mass is 35.5. The normalized spacial score (nSPS) is 19.0. The molecule has 0 aromatic heterocycles. The quantitative estimate of drug-likeness (QED) is 0.925. The summed E-state index contributed by atoms with van der Waals surface area (Å²) in [5.74, 6) is 0.804. The largest absolute Gasteiger partial charge is 0.495 e. The van der Waals surface area contributed by atoms with Crippen molar-refractivity contribution < 1.29 is 9.53 Å². The zero-order valence-corrected chi connectivity index (χ0v) is 12.0. The Morgan fingerprint density at radius 2 is 2.32 bits per heavy atom. The minimum absolute atomic E-state index is 0.0552. The van der Waals surface area contributed by atoms with Gasteiger partial charge >= 0.3 is 0 Å². The van der Waals surface area contributed by atoms with Crippen molar-refractivity contribution in [2.24, 2.45) is 5.92 Å². The third-order valence-electron chi connectivity index (χ3n) is 3.50. The van der Waals surface area contributed by atoms with Crippen LogP contribution in [-0.2, 0) is 4.79 Å². The maximum Gasteiger partial charge on any atom is 0.231 e. The van der Waals surface area contributed by atoms with Gasteiger partial charge in [-0.15, -0.1) is 0 Å². The van der Waals surface area contributed by atoms with E-state index in [0.29, 0.717) is 10.8 Å². The number of nitrogens with one attached hydrogen (secondary N) is 1. The molecule has 1 fully saturated rings. The smallest absolute Gasteiger partial charge is 0.231 e. The van der Waals surface area contributed by atoms with Gasteiger partial charge in [0.25, 0.3) is 0 Å². The van der Waals surface area contributed by atoms with Crippen LogP contribution in [0.15, 0.2) is 18.2 Å². The van der Waals surface area contributed by atoms with Crippen molar-refractivity contribution in [3.05, 3.63) is 23.2 Å². The van der Waals surface area contributed by atoms with Gasteiger partial charge in [-0.05, 0) is 37.6 Å². The Bertz CT molecular complexity index is 459. The summed E-state index contributed by atoms with van der Waals surface area (Å²) in [6.45, 7) is 1.76. The molecule has 1 saturated heterocycles. The number of ether oxygens (including phenoxy) is 1. The molecule has 1 heterocycles. The van der Waals surface area contributed by atoms with Crippen molar-refractivity contribution in [2.75, 3.05) is 32.1 Å². The molecule has 2 rings (SSSR count). The molecule has 0 radical (unpaired) electrons. The van der Waals surface area contributed by atoms with E-state index in [-0.39, 0.29) is 11.8 Å². The lowest BCUT2D eigenvalue weighted by Gasteiger charge is -2.27. The van der Waals surface area contributed by atoms with E-state index in [1.165, 1.54) is 0 Å². The summed E-state index contributed by atoms with van der Waals surface area (Å²) in [6.07, 6.45) is 1.99. The Labute approximate surface area is 118 Å². The molecule has 1 aliphatic heterocycles. The summed E-state index contributed by atoms with van der Waals surface area (Å²) in [7, 11) is 3.36. The van der Waals surface area contributed by atoms with Crippen molar-refractivity contribution in [3.63, 3.8) is 0 Å². The Morgan fingerprint density at radius 1 is 1.53 bits per heavy atom. The predicted molar refractivity (Wildman–Crippen MR) is 77.0 cm³/mol. The van der Waals surface area contributed by atoms with Crippen LogP contribution in [0.4, 0.5) is 5.69 Å². The first-order valence-electron chi connectivity index (χ1n) is 6.45. The van der Waals surface area contributed by atoms with Crippen LogP contribution < -0.4 is 15.0 Å². The van der Waals surface area contributed by atoms with Gasteiger partial charge in [0.1, 0.15) is 5.75 Å². The van der Waals surface area contributed by atoms with E-state index in [4.69, 9.17) is 16.3 Å². The van der Waals surface area contributed by atoms with E-state index in [1.54, 1.807) is 31.2 Å². The van der Waals surface area contributed by atoms with Crippen LogP contribution in [0, 0.1) is 5.92 Å². The van der Waals surface area contributed by atoms with Crippen molar-refractivity contribution in [2.45, 2.75) is 12.8 Å². The topological polar surface area (TPSA) is 41.6 Å². The number of methoxy groups -OCH3 is 1. The van der Waals surface area contributed by atoms with Gasteiger partial charge < -0.3 is 15.0 Å². The van der Waals surface area contributed by atoms with E-state index >= 15 is 0 Å². The van der Waals surface area contributed by atoms with E-state index in [1.807, 2.05) is 6.07 Å². The molecule has 104 valence electrons. The number of benzene rings is 1. The van der Waals surface area contributed by atoms with Crippen LogP contribution in [0.1, 0.15) is 12.8 Å². The fraction of sp³-hybridized carbons (Fsp3) is 0.500. The molecule has 0 bridgehead atoms. The molecule has 19 heavy (non-hydrogen) atoms. The molecule has 1 N–H and O–H groups in total. The monoisotopic (exact) mass is 282 g/mol. The number of anilines is 1. The number of nitrogens with zero attached hydrogens (tertiary/aromatic N) is 1. The Kier molecular flexibility index (Phi) is 4.66. The van der Waals surface area contributed by atoms with E-state index < -0.39 is 0 Å². The highest BCUT2D eigenvalue weighted by molar-refractivity contribution is 6.32. The molecule has 5 heteroatoms. The summed E-state index contributed by atoms with van der Waals surface area (Å²) in [6, 6.07) is 5.38.